The predicted octanol–water partition coefficient (Wildman–Crippen LogP) is 3.42. The molecule has 1 heterocycles. The maximum absolute atomic E-state index is 13.6. The standard InChI is InChI=1S/C29H39N3O4S/c1-3-31(4-2)20-21-37(34,35)30-27(23-36-22-24-10-6-5-7-11-24)28(33)32-18-16-29(17-19-32)15-14-25-12-8-9-13-26(25)29/h5-15,27,30H,3-4,16-23H2,1-2H3. The number of likely N-dealkylation sites (tertiary alicyclic amines) is 1. The number of sulfonamides is 1. The third kappa shape index (κ3) is 6.87. The summed E-state index contributed by atoms with van der Waals surface area (Å²) < 4.78 is 34.5. The fourth-order valence-corrected chi connectivity index (χ4v) is 6.53. The van der Waals surface area contributed by atoms with Crippen LogP contribution in [-0.4, -0.2) is 75.3 Å². The number of rotatable bonds is 12. The largest absolute Gasteiger partial charge is 0.375 e. The van der Waals surface area contributed by atoms with Gasteiger partial charge in [0.05, 0.1) is 19.0 Å². The topological polar surface area (TPSA) is 79.0 Å². The molecule has 2 aromatic carbocycles. The van der Waals surface area contributed by atoms with Gasteiger partial charge in [-0.3, -0.25) is 4.79 Å². The smallest absolute Gasteiger partial charge is 0.243 e. The zero-order valence-corrected chi connectivity index (χ0v) is 22.8. The number of nitrogens with one attached hydrogen (secondary N) is 1. The number of hydrogen-bond acceptors (Lipinski definition) is 5. The zero-order chi connectivity index (χ0) is 26.3. The van der Waals surface area contributed by atoms with E-state index in [0.717, 1.165) is 31.5 Å². The van der Waals surface area contributed by atoms with Gasteiger partial charge in [-0.15, -0.1) is 0 Å². The van der Waals surface area contributed by atoms with E-state index in [2.05, 4.69) is 40.0 Å². The fraction of sp³-hybridized carbons (Fsp3) is 0.483. The summed E-state index contributed by atoms with van der Waals surface area (Å²) in [6, 6.07) is 17.2. The van der Waals surface area contributed by atoms with Gasteiger partial charge < -0.3 is 14.5 Å². The van der Waals surface area contributed by atoms with Gasteiger partial charge in [-0.1, -0.05) is 80.6 Å². The summed E-state index contributed by atoms with van der Waals surface area (Å²) in [5.74, 6) is -0.272. The molecule has 1 saturated heterocycles. The number of allylic oxidation sites excluding steroid dienone is 1. The van der Waals surface area contributed by atoms with Crippen LogP contribution >= 0.6 is 0 Å². The number of carbonyl (C=O) groups is 1. The molecule has 1 spiro atoms. The number of piperidine rings is 1. The van der Waals surface area contributed by atoms with E-state index in [1.165, 1.54) is 11.1 Å². The van der Waals surface area contributed by atoms with E-state index in [-0.39, 0.29) is 23.7 Å². The molecule has 0 aromatic heterocycles. The summed E-state index contributed by atoms with van der Waals surface area (Å²) in [4.78, 5) is 17.5. The Morgan fingerprint density at radius 1 is 1.05 bits per heavy atom. The van der Waals surface area contributed by atoms with Crippen molar-refractivity contribution in [2.45, 2.75) is 44.8 Å². The third-order valence-electron chi connectivity index (χ3n) is 7.63. The van der Waals surface area contributed by atoms with Gasteiger partial charge in [0.1, 0.15) is 6.04 Å². The van der Waals surface area contributed by atoms with Crippen molar-refractivity contribution < 1.29 is 17.9 Å². The molecule has 0 saturated carbocycles. The average Bonchev–Trinajstić information content (AvgIpc) is 3.27. The third-order valence-corrected chi connectivity index (χ3v) is 9.00. The minimum atomic E-state index is -3.67. The van der Waals surface area contributed by atoms with Gasteiger partial charge in [-0.25, -0.2) is 13.1 Å². The van der Waals surface area contributed by atoms with Crippen molar-refractivity contribution in [1.29, 1.82) is 0 Å². The summed E-state index contributed by atoms with van der Waals surface area (Å²) in [5.41, 5.74) is 3.50. The first-order valence-corrected chi connectivity index (χ1v) is 14.9. The van der Waals surface area contributed by atoms with E-state index in [0.29, 0.717) is 26.2 Å². The molecule has 1 fully saturated rings. The van der Waals surface area contributed by atoms with Crippen molar-refractivity contribution in [1.82, 2.24) is 14.5 Å². The van der Waals surface area contributed by atoms with E-state index in [4.69, 9.17) is 4.74 Å². The van der Waals surface area contributed by atoms with Crippen LogP contribution in [0, 0.1) is 0 Å². The molecule has 1 amide bonds. The molecule has 0 bridgehead atoms. The van der Waals surface area contributed by atoms with E-state index in [1.54, 1.807) is 4.90 Å². The van der Waals surface area contributed by atoms with E-state index >= 15 is 0 Å². The highest BCUT2D eigenvalue weighted by Crippen LogP contribution is 2.43. The second-order valence-corrected chi connectivity index (χ2v) is 11.8. The Hall–Kier alpha value is -2.52. The van der Waals surface area contributed by atoms with Crippen LogP contribution in [0.2, 0.25) is 0 Å². The molecule has 7 nitrogen and oxygen atoms in total. The van der Waals surface area contributed by atoms with Crippen LogP contribution in [0.25, 0.3) is 6.08 Å². The van der Waals surface area contributed by atoms with Gasteiger partial charge >= 0.3 is 0 Å². The molecule has 1 aliphatic heterocycles. The van der Waals surface area contributed by atoms with Crippen LogP contribution in [0.4, 0.5) is 0 Å². The highest BCUT2D eigenvalue weighted by molar-refractivity contribution is 7.89. The Morgan fingerprint density at radius 3 is 2.43 bits per heavy atom. The lowest BCUT2D eigenvalue weighted by molar-refractivity contribution is -0.136. The Balaban J connectivity index is 1.41. The first kappa shape index (κ1) is 27.5. The van der Waals surface area contributed by atoms with Gasteiger partial charge in [-0.05, 0) is 42.6 Å². The number of fused-ring (bicyclic) bond motifs is 2. The van der Waals surface area contributed by atoms with Crippen LogP contribution in [0.15, 0.2) is 60.7 Å². The minimum Gasteiger partial charge on any atom is -0.375 e. The molecular formula is C29H39N3O4S. The first-order valence-electron chi connectivity index (χ1n) is 13.3. The summed E-state index contributed by atoms with van der Waals surface area (Å²) >= 11 is 0. The molecule has 0 radical (unpaired) electrons. The fourth-order valence-electron chi connectivity index (χ4n) is 5.31. The summed E-state index contributed by atoms with van der Waals surface area (Å²) in [7, 11) is -3.67. The van der Waals surface area contributed by atoms with E-state index < -0.39 is 16.1 Å². The van der Waals surface area contributed by atoms with Crippen LogP contribution in [0.3, 0.4) is 0 Å². The van der Waals surface area contributed by atoms with Gasteiger partial charge in [0.25, 0.3) is 0 Å². The van der Waals surface area contributed by atoms with E-state index in [9.17, 15) is 13.2 Å². The molecular weight excluding hydrogens is 486 g/mol. The molecule has 2 aliphatic rings. The molecule has 2 aromatic rings. The summed E-state index contributed by atoms with van der Waals surface area (Å²) in [6.45, 7) is 7.46. The molecule has 200 valence electrons. The Morgan fingerprint density at radius 2 is 1.73 bits per heavy atom. The van der Waals surface area contributed by atoms with Crippen molar-refractivity contribution in [2.24, 2.45) is 0 Å². The van der Waals surface area contributed by atoms with Crippen molar-refractivity contribution in [3.05, 3.63) is 77.4 Å². The van der Waals surface area contributed by atoms with Crippen molar-refractivity contribution in [3.63, 3.8) is 0 Å². The van der Waals surface area contributed by atoms with Gasteiger partial charge in [0, 0.05) is 25.0 Å². The molecule has 1 atom stereocenters. The Bertz CT molecular complexity index is 1170. The normalized spacial score (nSPS) is 17.3. The lowest BCUT2D eigenvalue weighted by atomic mass is 9.74. The Labute approximate surface area is 221 Å². The second-order valence-electron chi connectivity index (χ2n) is 9.92. The minimum absolute atomic E-state index is 0.0113. The first-order chi connectivity index (χ1) is 17.9. The molecule has 1 N–H and O–H groups in total. The van der Waals surface area contributed by atoms with Crippen molar-refractivity contribution in [3.8, 4) is 0 Å². The molecule has 8 heteroatoms. The summed E-state index contributed by atoms with van der Waals surface area (Å²) in [5, 5.41) is 0. The maximum Gasteiger partial charge on any atom is 0.243 e. The van der Waals surface area contributed by atoms with Gasteiger partial charge in [0.2, 0.25) is 15.9 Å². The maximum atomic E-state index is 13.6. The number of carbonyl (C=O) groups excluding carboxylic acids is 1. The predicted molar refractivity (Wildman–Crippen MR) is 148 cm³/mol. The van der Waals surface area contributed by atoms with Crippen LogP contribution in [-0.2, 0) is 31.6 Å². The molecule has 37 heavy (non-hydrogen) atoms. The number of amides is 1. The lowest BCUT2D eigenvalue weighted by Gasteiger charge is -2.40. The van der Waals surface area contributed by atoms with Crippen LogP contribution < -0.4 is 4.72 Å². The highest BCUT2D eigenvalue weighted by Gasteiger charge is 2.40. The quantitative estimate of drug-likeness (QED) is 0.460. The van der Waals surface area contributed by atoms with Gasteiger partial charge in [-0.2, -0.15) is 0 Å². The van der Waals surface area contributed by atoms with Crippen LogP contribution in [0.1, 0.15) is 43.4 Å². The van der Waals surface area contributed by atoms with Crippen LogP contribution in [0.5, 0.6) is 0 Å². The lowest BCUT2D eigenvalue weighted by Crippen LogP contribution is -2.54. The monoisotopic (exact) mass is 525 g/mol. The number of benzene rings is 2. The van der Waals surface area contributed by atoms with Crippen molar-refractivity contribution >= 4 is 22.0 Å². The molecule has 4 rings (SSSR count). The number of ether oxygens (including phenoxy) is 1. The Kier molecular flexibility index (Phi) is 9.18. The van der Waals surface area contributed by atoms with Crippen molar-refractivity contribution in [2.75, 3.05) is 45.1 Å². The SMILES string of the molecule is CCN(CC)CCS(=O)(=O)NC(COCc1ccccc1)C(=O)N1CCC2(C=Cc3ccccc32)CC1. The summed E-state index contributed by atoms with van der Waals surface area (Å²) in [6.07, 6.45) is 6.09. The highest BCUT2D eigenvalue weighted by atomic mass is 32.2. The van der Waals surface area contributed by atoms with Gasteiger partial charge in [0.15, 0.2) is 0 Å². The zero-order valence-electron chi connectivity index (χ0n) is 21.9. The molecule has 1 unspecified atom stereocenters. The molecule has 1 aliphatic carbocycles. The number of hydrogen-bond donors (Lipinski definition) is 1. The number of nitrogens with zero attached hydrogens (tertiary/aromatic N) is 2. The average molecular weight is 526 g/mol. The van der Waals surface area contributed by atoms with E-state index in [1.807, 2.05) is 50.2 Å². The second kappa shape index (κ2) is 12.3.